The summed E-state index contributed by atoms with van der Waals surface area (Å²) < 4.78 is 40.4. The third-order valence-electron chi connectivity index (χ3n) is 3.77. The standard InChI is InChI=1S/C18H20BrFN2O3S/c1-4-17(18(23)21-16-9-8-13(19)11-15(16)20)22(26(3,24)25)14-7-5-6-12(2)10-14/h5-11,17H,4H2,1-3H3,(H,21,23)/t17-/m1/s1. The molecule has 0 fully saturated rings. The van der Waals surface area contributed by atoms with Crippen molar-refractivity contribution in [3.63, 3.8) is 0 Å². The van der Waals surface area contributed by atoms with Crippen molar-refractivity contribution in [3.05, 3.63) is 58.3 Å². The summed E-state index contributed by atoms with van der Waals surface area (Å²) in [6.07, 6.45) is 1.27. The second kappa shape index (κ2) is 8.18. The van der Waals surface area contributed by atoms with E-state index in [0.717, 1.165) is 16.1 Å². The van der Waals surface area contributed by atoms with Crippen LogP contribution in [-0.2, 0) is 14.8 Å². The third-order valence-corrected chi connectivity index (χ3v) is 5.45. The number of halogens is 2. The zero-order valence-electron chi connectivity index (χ0n) is 14.7. The summed E-state index contributed by atoms with van der Waals surface area (Å²) in [4.78, 5) is 12.7. The Morgan fingerprint density at radius 2 is 1.96 bits per heavy atom. The summed E-state index contributed by atoms with van der Waals surface area (Å²) in [6.45, 7) is 3.54. The Morgan fingerprint density at radius 1 is 1.27 bits per heavy atom. The van der Waals surface area contributed by atoms with Crippen LogP contribution in [0.25, 0.3) is 0 Å². The lowest BCUT2D eigenvalue weighted by Gasteiger charge is -2.30. The van der Waals surface area contributed by atoms with Gasteiger partial charge in [-0.3, -0.25) is 9.10 Å². The summed E-state index contributed by atoms with van der Waals surface area (Å²) >= 11 is 3.15. The van der Waals surface area contributed by atoms with Gasteiger partial charge in [0.1, 0.15) is 11.9 Å². The molecule has 2 rings (SSSR count). The van der Waals surface area contributed by atoms with Crippen molar-refractivity contribution in [3.8, 4) is 0 Å². The molecule has 0 aliphatic heterocycles. The molecule has 0 aliphatic rings. The molecule has 0 unspecified atom stereocenters. The molecule has 1 amide bonds. The number of amides is 1. The monoisotopic (exact) mass is 442 g/mol. The lowest BCUT2D eigenvalue weighted by Crippen LogP contribution is -2.47. The van der Waals surface area contributed by atoms with Gasteiger partial charge in [0.25, 0.3) is 0 Å². The maximum Gasteiger partial charge on any atom is 0.248 e. The molecule has 26 heavy (non-hydrogen) atoms. The van der Waals surface area contributed by atoms with Gasteiger partial charge in [-0.1, -0.05) is 35.0 Å². The highest BCUT2D eigenvalue weighted by atomic mass is 79.9. The van der Waals surface area contributed by atoms with Gasteiger partial charge in [-0.05, 0) is 49.2 Å². The minimum atomic E-state index is -3.73. The molecule has 0 aromatic heterocycles. The van der Waals surface area contributed by atoms with Crippen molar-refractivity contribution >= 4 is 43.2 Å². The molecular weight excluding hydrogens is 423 g/mol. The Kier molecular flexibility index (Phi) is 6.41. The maximum atomic E-state index is 14.0. The van der Waals surface area contributed by atoms with E-state index >= 15 is 0 Å². The first-order valence-corrected chi connectivity index (χ1v) is 10.6. The van der Waals surface area contributed by atoms with Crippen LogP contribution >= 0.6 is 15.9 Å². The van der Waals surface area contributed by atoms with Gasteiger partial charge >= 0.3 is 0 Å². The van der Waals surface area contributed by atoms with E-state index in [2.05, 4.69) is 21.2 Å². The quantitative estimate of drug-likeness (QED) is 0.732. The number of nitrogens with one attached hydrogen (secondary N) is 1. The predicted molar refractivity (Wildman–Crippen MR) is 105 cm³/mol. The Bertz CT molecular complexity index is 918. The first-order valence-electron chi connectivity index (χ1n) is 7.95. The van der Waals surface area contributed by atoms with Crippen LogP contribution in [0.4, 0.5) is 15.8 Å². The average molecular weight is 443 g/mol. The van der Waals surface area contributed by atoms with E-state index < -0.39 is 27.8 Å². The summed E-state index contributed by atoms with van der Waals surface area (Å²) in [5.74, 6) is -1.20. The Labute approximate surface area is 161 Å². The van der Waals surface area contributed by atoms with Crippen LogP contribution in [0, 0.1) is 12.7 Å². The number of nitrogens with zero attached hydrogens (tertiary/aromatic N) is 1. The molecule has 8 heteroatoms. The number of hydrogen-bond acceptors (Lipinski definition) is 3. The number of carbonyl (C=O) groups is 1. The maximum absolute atomic E-state index is 14.0. The molecule has 0 aliphatic carbocycles. The number of hydrogen-bond donors (Lipinski definition) is 1. The molecule has 0 spiro atoms. The Morgan fingerprint density at radius 3 is 2.50 bits per heavy atom. The van der Waals surface area contributed by atoms with E-state index in [-0.39, 0.29) is 12.1 Å². The number of anilines is 2. The van der Waals surface area contributed by atoms with E-state index in [0.29, 0.717) is 10.2 Å². The minimum Gasteiger partial charge on any atom is -0.322 e. The van der Waals surface area contributed by atoms with Crippen LogP contribution in [0.2, 0.25) is 0 Å². The number of benzene rings is 2. The number of carbonyl (C=O) groups excluding carboxylic acids is 1. The summed E-state index contributed by atoms with van der Waals surface area (Å²) in [7, 11) is -3.73. The predicted octanol–water partition coefficient (Wildman–Crippen LogP) is 4.08. The van der Waals surface area contributed by atoms with E-state index in [1.807, 2.05) is 13.0 Å². The van der Waals surface area contributed by atoms with Crippen molar-refractivity contribution in [1.29, 1.82) is 0 Å². The van der Waals surface area contributed by atoms with E-state index in [9.17, 15) is 17.6 Å². The fourth-order valence-corrected chi connectivity index (χ4v) is 4.17. The Balaban J connectivity index is 2.40. The van der Waals surface area contributed by atoms with E-state index in [1.54, 1.807) is 31.2 Å². The molecule has 1 atom stereocenters. The van der Waals surface area contributed by atoms with Crippen molar-refractivity contribution in [2.75, 3.05) is 15.9 Å². The van der Waals surface area contributed by atoms with E-state index in [1.165, 1.54) is 12.1 Å². The molecule has 140 valence electrons. The minimum absolute atomic E-state index is 0.00524. The molecule has 0 saturated carbocycles. The number of aryl methyl sites for hydroxylation is 1. The van der Waals surface area contributed by atoms with Gasteiger partial charge < -0.3 is 5.32 Å². The van der Waals surface area contributed by atoms with Gasteiger partial charge in [0.15, 0.2) is 0 Å². The van der Waals surface area contributed by atoms with Crippen LogP contribution in [0.5, 0.6) is 0 Å². The zero-order chi connectivity index (χ0) is 19.5. The molecular formula is C18H20BrFN2O3S. The first-order chi connectivity index (χ1) is 12.1. The third kappa shape index (κ3) is 4.82. The van der Waals surface area contributed by atoms with Crippen LogP contribution in [0.15, 0.2) is 46.9 Å². The average Bonchev–Trinajstić information content (AvgIpc) is 2.53. The molecule has 0 radical (unpaired) electrons. The highest BCUT2D eigenvalue weighted by Crippen LogP contribution is 2.25. The molecule has 5 nitrogen and oxygen atoms in total. The smallest absolute Gasteiger partial charge is 0.248 e. The summed E-state index contributed by atoms with van der Waals surface area (Å²) in [6, 6.07) is 10.1. The fraction of sp³-hybridized carbons (Fsp3) is 0.278. The first kappa shape index (κ1) is 20.4. The van der Waals surface area contributed by atoms with Crippen LogP contribution in [0.3, 0.4) is 0 Å². The lowest BCUT2D eigenvalue weighted by atomic mass is 10.1. The normalized spacial score (nSPS) is 12.5. The van der Waals surface area contributed by atoms with Crippen molar-refractivity contribution < 1.29 is 17.6 Å². The van der Waals surface area contributed by atoms with Crippen molar-refractivity contribution in [2.45, 2.75) is 26.3 Å². The van der Waals surface area contributed by atoms with Gasteiger partial charge in [0.2, 0.25) is 15.9 Å². The highest BCUT2D eigenvalue weighted by Gasteiger charge is 2.31. The van der Waals surface area contributed by atoms with Crippen LogP contribution in [0.1, 0.15) is 18.9 Å². The van der Waals surface area contributed by atoms with Crippen molar-refractivity contribution in [1.82, 2.24) is 0 Å². The SMILES string of the molecule is CC[C@H](C(=O)Nc1ccc(Br)cc1F)N(c1cccc(C)c1)S(C)(=O)=O. The van der Waals surface area contributed by atoms with Gasteiger partial charge in [0, 0.05) is 4.47 Å². The molecule has 1 N–H and O–H groups in total. The van der Waals surface area contributed by atoms with Gasteiger partial charge in [0.05, 0.1) is 17.6 Å². The lowest BCUT2D eigenvalue weighted by molar-refractivity contribution is -0.117. The summed E-state index contributed by atoms with van der Waals surface area (Å²) in [5, 5.41) is 2.48. The van der Waals surface area contributed by atoms with Crippen LogP contribution < -0.4 is 9.62 Å². The molecule has 2 aromatic rings. The second-order valence-electron chi connectivity index (χ2n) is 5.94. The van der Waals surface area contributed by atoms with E-state index in [4.69, 9.17) is 0 Å². The topological polar surface area (TPSA) is 66.5 Å². The van der Waals surface area contributed by atoms with Crippen LogP contribution in [-0.4, -0.2) is 26.6 Å². The molecule has 2 aromatic carbocycles. The molecule has 0 heterocycles. The summed E-state index contributed by atoms with van der Waals surface area (Å²) in [5.41, 5.74) is 1.26. The molecule has 0 saturated heterocycles. The van der Waals surface area contributed by atoms with Crippen molar-refractivity contribution in [2.24, 2.45) is 0 Å². The Hall–Kier alpha value is -1.93. The zero-order valence-corrected chi connectivity index (χ0v) is 17.1. The van der Waals surface area contributed by atoms with Gasteiger partial charge in [-0.2, -0.15) is 0 Å². The van der Waals surface area contributed by atoms with Gasteiger partial charge in [-0.25, -0.2) is 12.8 Å². The second-order valence-corrected chi connectivity index (χ2v) is 8.71. The largest absolute Gasteiger partial charge is 0.322 e. The molecule has 0 bridgehead atoms. The number of rotatable bonds is 6. The fourth-order valence-electron chi connectivity index (χ4n) is 2.63. The van der Waals surface area contributed by atoms with Gasteiger partial charge in [-0.15, -0.1) is 0 Å². The highest BCUT2D eigenvalue weighted by molar-refractivity contribution is 9.10. The number of sulfonamides is 1.